The summed E-state index contributed by atoms with van der Waals surface area (Å²) in [6.07, 6.45) is -4.29. The molecular weight excluding hydrogens is 802 g/mol. The van der Waals surface area contributed by atoms with E-state index in [2.05, 4.69) is 5.32 Å². The SMILES string of the molecule is C/C(=C\[C@H](C(C)C)N(C)C(=O)[C@@H](NC(=O)[C@@H](N(C)C(=O)OC(C)(C)C)C(C)(C)c1ccccc1)C(C)(C)C)C(=O)NS(=O)(=O)c1ccc(C2(CC(=O)C(F)(F)F)CC2)cc1. The zero-order valence-electron chi connectivity index (χ0n) is 36.9. The minimum atomic E-state index is -4.97. The minimum Gasteiger partial charge on any atom is -0.444 e. The lowest BCUT2D eigenvalue weighted by atomic mass is 9.76. The number of benzene rings is 2. The Labute approximate surface area is 352 Å². The third kappa shape index (κ3) is 12.2. The van der Waals surface area contributed by atoms with Crippen molar-refractivity contribution in [3.63, 3.8) is 0 Å². The Kier molecular flexibility index (Phi) is 15.0. The highest BCUT2D eigenvalue weighted by molar-refractivity contribution is 7.90. The number of nitrogens with one attached hydrogen (secondary N) is 2. The van der Waals surface area contributed by atoms with E-state index in [0.29, 0.717) is 18.4 Å². The van der Waals surface area contributed by atoms with Gasteiger partial charge in [0.25, 0.3) is 15.9 Å². The van der Waals surface area contributed by atoms with Gasteiger partial charge < -0.3 is 15.0 Å². The van der Waals surface area contributed by atoms with E-state index in [9.17, 15) is 45.6 Å². The minimum absolute atomic E-state index is 0.0313. The molecule has 1 aliphatic carbocycles. The number of carbonyl (C=O) groups is 5. The molecule has 1 aliphatic rings. The Morgan fingerprint density at radius 2 is 1.38 bits per heavy atom. The summed E-state index contributed by atoms with van der Waals surface area (Å²) in [5.74, 6) is -4.24. The summed E-state index contributed by atoms with van der Waals surface area (Å²) in [6, 6.07) is 11.2. The van der Waals surface area contributed by atoms with E-state index < -0.39 is 92.2 Å². The molecule has 3 rings (SSSR count). The normalized spacial score (nSPS) is 16.2. The molecule has 0 heterocycles. The second kappa shape index (κ2) is 18.1. The van der Waals surface area contributed by atoms with Crippen LogP contribution in [0.15, 0.2) is 71.1 Å². The van der Waals surface area contributed by atoms with E-state index in [1.54, 1.807) is 41.5 Å². The number of rotatable bonds is 15. The van der Waals surface area contributed by atoms with Crippen LogP contribution in [-0.2, 0) is 44.8 Å². The average molecular weight is 863 g/mol. The Hall–Kier alpha value is -4.73. The number of ether oxygens (including phenoxy) is 1. The van der Waals surface area contributed by atoms with E-state index in [0.717, 1.165) is 5.56 Å². The van der Waals surface area contributed by atoms with Gasteiger partial charge in [0.1, 0.15) is 17.7 Å². The van der Waals surface area contributed by atoms with Gasteiger partial charge in [-0.1, -0.05) is 97.0 Å². The van der Waals surface area contributed by atoms with Crippen molar-refractivity contribution in [1.82, 2.24) is 19.8 Å². The van der Waals surface area contributed by atoms with Crippen molar-refractivity contribution in [2.75, 3.05) is 14.1 Å². The average Bonchev–Trinajstić information content (AvgIpc) is 3.91. The summed E-state index contributed by atoms with van der Waals surface area (Å²) in [4.78, 5) is 69.8. The molecule has 60 heavy (non-hydrogen) atoms. The number of ketones is 1. The maximum Gasteiger partial charge on any atom is 0.450 e. The number of halogens is 3. The van der Waals surface area contributed by atoms with Crippen molar-refractivity contribution < 1.29 is 50.3 Å². The van der Waals surface area contributed by atoms with Crippen LogP contribution in [0, 0.1) is 11.3 Å². The fourth-order valence-corrected chi connectivity index (χ4v) is 8.15. The molecule has 0 unspecified atom stereocenters. The van der Waals surface area contributed by atoms with E-state index >= 15 is 0 Å². The first-order valence-corrected chi connectivity index (χ1v) is 21.3. The Balaban J connectivity index is 1.88. The highest BCUT2D eigenvalue weighted by Crippen LogP contribution is 2.52. The van der Waals surface area contributed by atoms with Gasteiger partial charge >= 0.3 is 12.3 Å². The number of Topliss-reactive ketones (excluding diaryl/α,β-unsaturated/α-hetero) is 1. The number of likely N-dealkylation sites (N-methyl/N-ethyl adjacent to an activating group) is 2. The molecule has 12 nitrogen and oxygen atoms in total. The maximum atomic E-state index is 14.5. The van der Waals surface area contributed by atoms with Crippen LogP contribution in [-0.4, -0.2) is 91.8 Å². The molecule has 1 fully saturated rings. The maximum absolute atomic E-state index is 14.5. The first kappa shape index (κ1) is 49.6. The predicted molar refractivity (Wildman–Crippen MR) is 222 cm³/mol. The van der Waals surface area contributed by atoms with Crippen LogP contribution in [0.1, 0.15) is 107 Å². The quantitative estimate of drug-likeness (QED) is 0.178. The van der Waals surface area contributed by atoms with Gasteiger partial charge in [0.15, 0.2) is 0 Å². The summed E-state index contributed by atoms with van der Waals surface area (Å²) < 4.78 is 73.0. The topological polar surface area (TPSA) is 159 Å². The summed E-state index contributed by atoms with van der Waals surface area (Å²) in [6.45, 7) is 19.1. The van der Waals surface area contributed by atoms with Crippen LogP contribution in [0.4, 0.5) is 18.0 Å². The zero-order valence-corrected chi connectivity index (χ0v) is 37.7. The molecule has 0 spiro atoms. The van der Waals surface area contributed by atoms with Crippen molar-refractivity contribution in [1.29, 1.82) is 0 Å². The first-order chi connectivity index (χ1) is 27.2. The fraction of sp³-hybridized carbons (Fsp3) is 0.568. The van der Waals surface area contributed by atoms with Crippen LogP contribution in [0.5, 0.6) is 0 Å². The predicted octanol–water partition coefficient (Wildman–Crippen LogP) is 7.22. The highest BCUT2D eigenvalue weighted by Gasteiger charge is 2.51. The Bertz CT molecular complexity index is 2050. The van der Waals surface area contributed by atoms with Crippen molar-refractivity contribution in [3.05, 3.63) is 77.4 Å². The fourth-order valence-electron chi connectivity index (χ4n) is 7.13. The van der Waals surface area contributed by atoms with Gasteiger partial charge in [-0.05, 0) is 75.1 Å². The highest BCUT2D eigenvalue weighted by atomic mass is 32.2. The number of nitrogens with zero attached hydrogens (tertiary/aromatic N) is 2. The summed E-state index contributed by atoms with van der Waals surface area (Å²) in [5, 5.41) is 2.94. The third-order valence-electron chi connectivity index (χ3n) is 10.8. The molecule has 4 amide bonds. The van der Waals surface area contributed by atoms with Crippen molar-refractivity contribution in [2.45, 2.75) is 141 Å². The molecule has 2 aromatic carbocycles. The van der Waals surface area contributed by atoms with E-state index in [-0.39, 0.29) is 16.4 Å². The van der Waals surface area contributed by atoms with Gasteiger partial charge in [-0.2, -0.15) is 13.2 Å². The Morgan fingerprint density at radius 3 is 1.83 bits per heavy atom. The van der Waals surface area contributed by atoms with Gasteiger partial charge in [0.2, 0.25) is 17.6 Å². The summed E-state index contributed by atoms with van der Waals surface area (Å²) >= 11 is 0. The van der Waals surface area contributed by atoms with Gasteiger partial charge in [-0.3, -0.25) is 24.1 Å². The van der Waals surface area contributed by atoms with Gasteiger partial charge in [0, 0.05) is 36.9 Å². The smallest absolute Gasteiger partial charge is 0.444 e. The molecule has 0 radical (unpaired) electrons. The molecule has 0 saturated heterocycles. The van der Waals surface area contributed by atoms with Crippen LogP contribution >= 0.6 is 0 Å². The first-order valence-electron chi connectivity index (χ1n) is 19.8. The molecule has 0 bridgehead atoms. The van der Waals surface area contributed by atoms with E-state index in [4.69, 9.17) is 4.74 Å². The number of alkyl halides is 3. The van der Waals surface area contributed by atoms with Gasteiger partial charge in [-0.25, -0.2) is 17.9 Å². The van der Waals surface area contributed by atoms with Gasteiger partial charge in [0.05, 0.1) is 10.9 Å². The molecule has 0 aliphatic heterocycles. The second-order valence-electron chi connectivity index (χ2n) is 18.8. The molecule has 2 aromatic rings. The van der Waals surface area contributed by atoms with Crippen LogP contribution < -0.4 is 10.0 Å². The monoisotopic (exact) mass is 862 g/mol. The van der Waals surface area contributed by atoms with Crippen LogP contribution in [0.25, 0.3) is 0 Å². The van der Waals surface area contributed by atoms with Crippen LogP contribution in [0.2, 0.25) is 0 Å². The number of sulfonamides is 1. The molecular formula is C44H61F3N4O8S. The molecule has 332 valence electrons. The summed E-state index contributed by atoms with van der Waals surface area (Å²) in [7, 11) is -1.46. The molecule has 0 aromatic heterocycles. The molecule has 3 atom stereocenters. The Morgan fingerprint density at radius 1 is 0.850 bits per heavy atom. The van der Waals surface area contributed by atoms with Crippen molar-refractivity contribution in [2.24, 2.45) is 11.3 Å². The zero-order chi connectivity index (χ0) is 46.0. The second-order valence-corrected chi connectivity index (χ2v) is 20.4. The lowest BCUT2D eigenvalue weighted by molar-refractivity contribution is -0.171. The number of amides is 4. The van der Waals surface area contributed by atoms with E-state index in [1.807, 2.05) is 62.7 Å². The van der Waals surface area contributed by atoms with Crippen molar-refractivity contribution in [3.8, 4) is 0 Å². The third-order valence-corrected chi connectivity index (χ3v) is 12.2. The molecule has 1 saturated carbocycles. The standard InChI is InChI=1S/C44H61F3N4O8S/c1-27(2)32(25-28(3)36(53)49-60(57,58)31-21-19-30(20-22-31)43(23-24-43)26-33(52)44(45,46)47)50(12)38(55)34(40(4,5)6)48-37(54)35(51(13)39(56)59-41(7,8)9)42(10,11)29-17-15-14-16-18-29/h14-22,25,27,32,34-35H,23-24,26H2,1-13H3,(H,48,54)(H,49,53)/b28-25+/t32-,34-,35-/m1/s1. The number of carbonyl (C=O) groups excluding carboxylic acids is 5. The lowest BCUT2D eigenvalue weighted by Gasteiger charge is -2.42. The lowest BCUT2D eigenvalue weighted by Crippen LogP contribution is -2.63. The number of hydrogen-bond donors (Lipinski definition) is 2. The summed E-state index contributed by atoms with van der Waals surface area (Å²) in [5.41, 5.74) is -2.58. The number of hydrogen-bond acceptors (Lipinski definition) is 8. The van der Waals surface area contributed by atoms with Crippen molar-refractivity contribution >= 4 is 39.6 Å². The molecule has 16 heteroatoms. The van der Waals surface area contributed by atoms with E-state index in [1.165, 1.54) is 61.2 Å². The largest absolute Gasteiger partial charge is 0.450 e. The van der Waals surface area contributed by atoms with Crippen LogP contribution in [0.3, 0.4) is 0 Å². The molecule has 2 N–H and O–H groups in total. The van der Waals surface area contributed by atoms with Gasteiger partial charge in [-0.15, -0.1) is 0 Å².